The molecule has 0 spiro atoms. The minimum Gasteiger partial charge on any atom is -0.465 e. The van der Waals surface area contributed by atoms with Crippen molar-refractivity contribution in [3.8, 4) is 0 Å². The average Bonchev–Trinajstić information content (AvgIpc) is 2.85. The van der Waals surface area contributed by atoms with Crippen molar-refractivity contribution in [2.45, 2.75) is 18.9 Å². The molecule has 5 nitrogen and oxygen atoms in total. The maximum atomic E-state index is 11.9. The van der Waals surface area contributed by atoms with Crippen LogP contribution in [0, 0.1) is 0 Å². The number of amides is 2. The molecule has 1 saturated heterocycles. The molecule has 2 N–H and O–H groups in total. The van der Waals surface area contributed by atoms with Crippen molar-refractivity contribution in [1.82, 2.24) is 10.2 Å². The number of halogens is 1. The highest BCUT2D eigenvalue weighted by atomic mass is 79.9. The van der Waals surface area contributed by atoms with E-state index in [-0.39, 0.29) is 11.9 Å². The highest BCUT2D eigenvalue weighted by Gasteiger charge is 2.28. The third-order valence-electron chi connectivity index (χ3n) is 3.23. The summed E-state index contributed by atoms with van der Waals surface area (Å²) >= 11 is 3.31. The fraction of sp³-hybridized carbons (Fsp3) is 0.385. The highest BCUT2D eigenvalue weighted by molar-refractivity contribution is 9.10. The van der Waals surface area contributed by atoms with Crippen LogP contribution in [-0.2, 0) is 0 Å². The minimum atomic E-state index is -0.916. The summed E-state index contributed by atoms with van der Waals surface area (Å²) in [5.41, 5.74) is 0.572. The molecule has 0 saturated carbocycles. The first-order valence-corrected chi connectivity index (χ1v) is 6.90. The number of nitrogens with zero attached hydrogens (tertiary/aromatic N) is 1. The van der Waals surface area contributed by atoms with Crippen LogP contribution in [0.2, 0.25) is 0 Å². The number of carbonyl (C=O) groups is 2. The second kappa shape index (κ2) is 6.06. The predicted octanol–water partition coefficient (Wildman–Crippen LogP) is 2.32. The lowest BCUT2D eigenvalue weighted by Crippen LogP contribution is -2.42. The first kappa shape index (κ1) is 13.9. The van der Waals surface area contributed by atoms with Gasteiger partial charge in [-0.2, -0.15) is 0 Å². The quantitative estimate of drug-likeness (QED) is 0.895. The van der Waals surface area contributed by atoms with Crippen molar-refractivity contribution in [3.05, 3.63) is 34.3 Å². The zero-order chi connectivity index (χ0) is 13.8. The summed E-state index contributed by atoms with van der Waals surface area (Å²) in [7, 11) is 0. The third-order valence-corrected chi connectivity index (χ3v) is 3.76. The Balaban J connectivity index is 1.90. The average molecular weight is 327 g/mol. The molecule has 1 fully saturated rings. The zero-order valence-corrected chi connectivity index (χ0v) is 11.9. The maximum absolute atomic E-state index is 11.9. The van der Waals surface area contributed by atoms with Crippen molar-refractivity contribution < 1.29 is 14.7 Å². The summed E-state index contributed by atoms with van der Waals surface area (Å²) < 4.78 is 0.914. The summed E-state index contributed by atoms with van der Waals surface area (Å²) in [5, 5.41) is 11.8. The van der Waals surface area contributed by atoms with E-state index in [1.165, 1.54) is 4.90 Å². The first-order chi connectivity index (χ1) is 9.08. The highest BCUT2D eigenvalue weighted by Crippen LogP contribution is 2.16. The van der Waals surface area contributed by atoms with E-state index in [1.807, 2.05) is 0 Å². The molecule has 1 aromatic rings. The van der Waals surface area contributed by atoms with Gasteiger partial charge in [0, 0.05) is 23.1 Å². The van der Waals surface area contributed by atoms with E-state index in [1.54, 1.807) is 24.3 Å². The number of rotatable bonds is 3. The van der Waals surface area contributed by atoms with E-state index in [2.05, 4.69) is 21.2 Å². The second-order valence-corrected chi connectivity index (χ2v) is 5.40. The molecule has 1 atom stereocenters. The molecule has 2 rings (SSSR count). The van der Waals surface area contributed by atoms with Crippen molar-refractivity contribution >= 4 is 27.9 Å². The Morgan fingerprint density at radius 3 is 2.68 bits per heavy atom. The molecule has 19 heavy (non-hydrogen) atoms. The summed E-state index contributed by atoms with van der Waals surface area (Å²) in [5.74, 6) is -0.176. The lowest BCUT2D eigenvalue weighted by molar-refractivity contribution is 0.0934. The van der Waals surface area contributed by atoms with Gasteiger partial charge >= 0.3 is 6.09 Å². The number of nitrogens with one attached hydrogen (secondary N) is 1. The van der Waals surface area contributed by atoms with E-state index in [9.17, 15) is 9.59 Å². The van der Waals surface area contributed by atoms with E-state index in [0.29, 0.717) is 18.7 Å². The van der Waals surface area contributed by atoms with Crippen LogP contribution < -0.4 is 5.32 Å². The van der Waals surface area contributed by atoms with Gasteiger partial charge in [-0.25, -0.2) is 4.79 Å². The standard InChI is InChI=1S/C13H15BrN2O3/c14-10-5-3-9(4-6-10)12(17)15-8-11-2-1-7-16(11)13(18)19/h3-6,11H,1-2,7-8H2,(H,15,17)(H,18,19). The molecule has 6 heteroatoms. The number of carboxylic acid groups (broad SMARTS) is 1. The summed E-state index contributed by atoms with van der Waals surface area (Å²) in [6.45, 7) is 0.912. The van der Waals surface area contributed by atoms with Gasteiger partial charge in [-0.1, -0.05) is 15.9 Å². The zero-order valence-electron chi connectivity index (χ0n) is 10.3. The number of hydrogen-bond donors (Lipinski definition) is 2. The molecule has 0 bridgehead atoms. The fourth-order valence-corrected chi connectivity index (χ4v) is 2.48. The van der Waals surface area contributed by atoms with Gasteiger partial charge in [-0.05, 0) is 37.1 Å². The Hall–Kier alpha value is -1.56. The Morgan fingerprint density at radius 1 is 1.37 bits per heavy atom. The van der Waals surface area contributed by atoms with Gasteiger partial charge < -0.3 is 15.3 Å². The monoisotopic (exact) mass is 326 g/mol. The molecular formula is C13H15BrN2O3. The van der Waals surface area contributed by atoms with Crippen molar-refractivity contribution in [3.63, 3.8) is 0 Å². The van der Waals surface area contributed by atoms with Gasteiger partial charge in [0.1, 0.15) is 0 Å². The maximum Gasteiger partial charge on any atom is 0.407 e. The van der Waals surface area contributed by atoms with Gasteiger partial charge in [0.05, 0.1) is 6.04 Å². The number of likely N-dealkylation sites (tertiary alicyclic amines) is 1. The SMILES string of the molecule is O=C(NCC1CCCN1C(=O)O)c1ccc(Br)cc1. The summed E-state index contributed by atoms with van der Waals surface area (Å²) in [6.07, 6.45) is 0.735. The summed E-state index contributed by atoms with van der Waals surface area (Å²) in [4.78, 5) is 24.3. The van der Waals surface area contributed by atoms with Crippen LogP contribution in [0.1, 0.15) is 23.2 Å². The Bertz CT molecular complexity index is 475. The third kappa shape index (κ3) is 3.47. The molecular weight excluding hydrogens is 312 g/mol. The van der Waals surface area contributed by atoms with Gasteiger partial charge in [0.15, 0.2) is 0 Å². The molecule has 1 aliphatic rings. The number of carbonyl (C=O) groups excluding carboxylic acids is 1. The van der Waals surface area contributed by atoms with Gasteiger partial charge in [-0.15, -0.1) is 0 Å². The van der Waals surface area contributed by atoms with E-state index >= 15 is 0 Å². The molecule has 1 heterocycles. The van der Waals surface area contributed by atoms with Crippen LogP contribution >= 0.6 is 15.9 Å². The molecule has 1 unspecified atom stereocenters. The second-order valence-electron chi connectivity index (χ2n) is 4.49. The van der Waals surface area contributed by atoms with Crippen molar-refractivity contribution in [1.29, 1.82) is 0 Å². The first-order valence-electron chi connectivity index (χ1n) is 6.11. The summed E-state index contributed by atoms with van der Waals surface area (Å²) in [6, 6.07) is 6.94. The molecule has 0 aromatic heterocycles. The van der Waals surface area contributed by atoms with Crippen LogP contribution in [0.4, 0.5) is 4.79 Å². The number of benzene rings is 1. The fourth-order valence-electron chi connectivity index (χ4n) is 2.21. The molecule has 0 radical (unpaired) electrons. The van der Waals surface area contributed by atoms with E-state index < -0.39 is 6.09 Å². The smallest absolute Gasteiger partial charge is 0.407 e. The van der Waals surface area contributed by atoms with E-state index in [0.717, 1.165) is 17.3 Å². The molecule has 0 aliphatic carbocycles. The minimum absolute atomic E-state index is 0.114. The van der Waals surface area contributed by atoms with Gasteiger partial charge in [-0.3, -0.25) is 4.79 Å². The Morgan fingerprint density at radius 2 is 2.05 bits per heavy atom. The van der Waals surface area contributed by atoms with Crippen LogP contribution in [-0.4, -0.2) is 41.1 Å². The van der Waals surface area contributed by atoms with Crippen LogP contribution in [0.15, 0.2) is 28.7 Å². The molecule has 102 valence electrons. The Labute approximate surface area is 119 Å². The van der Waals surface area contributed by atoms with Crippen molar-refractivity contribution in [2.24, 2.45) is 0 Å². The van der Waals surface area contributed by atoms with Crippen LogP contribution in [0.3, 0.4) is 0 Å². The topological polar surface area (TPSA) is 69.6 Å². The van der Waals surface area contributed by atoms with Crippen LogP contribution in [0.5, 0.6) is 0 Å². The van der Waals surface area contributed by atoms with Gasteiger partial charge in [0.2, 0.25) is 0 Å². The lowest BCUT2D eigenvalue weighted by Gasteiger charge is -2.21. The normalized spacial score (nSPS) is 18.4. The van der Waals surface area contributed by atoms with Crippen LogP contribution in [0.25, 0.3) is 0 Å². The lowest BCUT2D eigenvalue weighted by atomic mass is 10.2. The predicted molar refractivity (Wildman–Crippen MR) is 74.2 cm³/mol. The largest absolute Gasteiger partial charge is 0.465 e. The van der Waals surface area contributed by atoms with Gasteiger partial charge in [0.25, 0.3) is 5.91 Å². The van der Waals surface area contributed by atoms with E-state index in [4.69, 9.17) is 5.11 Å². The van der Waals surface area contributed by atoms with Crippen molar-refractivity contribution in [2.75, 3.05) is 13.1 Å². The molecule has 1 aliphatic heterocycles. The molecule has 1 aromatic carbocycles. The Kier molecular flexibility index (Phi) is 4.42. The number of hydrogen-bond acceptors (Lipinski definition) is 2. The molecule has 2 amide bonds.